The fourth-order valence-corrected chi connectivity index (χ4v) is 1.75. The molecule has 0 aliphatic heterocycles. The Morgan fingerprint density at radius 2 is 2.17 bits per heavy atom. The van der Waals surface area contributed by atoms with Crippen molar-refractivity contribution in [3.8, 4) is 0 Å². The summed E-state index contributed by atoms with van der Waals surface area (Å²) >= 11 is 0. The van der Waals surface area contributed by atoms with Gasteiger partial charge in [-0.3, -0.25) is 0 Å². The SMILES string of the molecule is COC(=O)C(C)n1cnc2ccc(C(=O)O)cc21. The first-order valence-corrected chi connectivity index (χ1v) is 5.32. The number of nitrogens with zero attached hydrogens (tertiary/aromatic N) is 2. The van der Waals surface area contributed by atoms with E-state index >= 15 is 0 Å². The molecule has 0 saturated carbocycles. The summed E-state index contributed by atoms with van der Waals surface area (Å²) in [6.45, 7) is 1.67. The van der Waals surface area contributed by atoms with Crippen molar-refractivity contribution < 1.29 is 19.4 Å². The van der Waals surface area contributed by atoms with E-state index in [1.807, 2.05) is 0 Å². The summed E-state index contributed by atoms with van der Waals surface area (Å²) in [6, 6.07) is 4.03. The number of benzene rings is 1. The van der Waals surface area contributed by atoms with Crippen LogP contribution in [-0.4, -0.2) is 33.7 Å². The molecule has 1 unspecified atom stereocenters. The first-order chi connectivity index (χ1) is 8.54. The van der Waals surface area contributed by atoms with E-state index in [-0.39, 0.29) is 5.56 Å². The number of imidazole rings is 1. The Morgan fingerprint density at radius 1 is 1.44 bits per heavy atom. The van der Waals surface area contributed by atoms with Crippen LogP contribution in [0.3, 0.4) is 0 Å². The zero-order chi connectivity index (χ0) is 13.3. The number of carbonyl (C=O) groups is 2. The van der Waals surface area contributed by atoms with Crippen LogP contribution in [0.25, 0.3) is 11.0 Å². The molecule has 1 aromatic carbocycles. The van der Waals surface area contributed by atoms with Crippen molar-refractivity contribution in [2.24, 2.45) is 0 Å². The predicted octanol–water partition coefficient (Wildman–Crippen LogP) is 1.47. The minimum atomic E-state index is -1.02. The molecule has 2 aromatic rings. The van der Waals surface area contributed by atoms with Crippen LogP contribution in [0.4, 0.5) is 0 Å². The number of carbonyl (C=O) groups excluding carboxylic acids is 1. The highest BCUT2D eigenvalue weighted by atomic mass is 16.5. The summed E-state index contributed by atoms with van der Waals surface area (Å²) in [5.74, 6) is -1.43. The number of hydrogen-bond donors (Lipinski definition) is 1. The van der Waals surface area contributed by atoms with Gasteiger partial charge in [-0.1, -0.05) is 0 Å². The van der Waals surface area contributed by atoms with Gasteiger partial charge in [-0.15, -0.1) is 0 Å². The Morgan fingerprint density at radius 3 is 2.78 bits per heavy atom. The standard InChI is InChI=1S/C12H12N2O4/c1-7(12(17)18-2)14-6-13-9-4-3-8(11(15)16)5-10(9)14/h3-7H,1-2H3,(H,15,16). The van der Waals surface area contributed by atoms with Crippen molar-refractivity contribution in [3.05, 3.63) is 30.1 Å². The van der Waals surface area contributed by atoms with Crippen molar-refractivity contribution in [1.29, 1.82) is 0 Å². The summed E-state index contributed by atoms with van der Waals surface area (Å²) in [4.78, 5) is 26.5. The fraction of sp³-hybridized carbons (Fsp3) is 0.250. The number of aromatic nitrogens is 2. The molecule has 0 spiro atoms. The smallest absolute Gasteiger partial charge is 0.335 e. The molecular formula is C12H12N2O4. The average molecular weight is 248 g/mol. The second kappa shape index (κ2) is 4.48. The number of esters is 1. The molecule has 18 heavy (non-hydrogen) atoms. The number of carboxylic acid groups (broad SMARTS) is 1. The third-order valence-corrected chi connectivity index (χ3v) is 2.78. The Labute approximate surface area is 103 Å². The normalized spacial score (nSPS) is 12.3. The maximum Gasteiger partial charge on any atom is 0.335 e. The van der Waals surface area contributed by atoms with E-state index in [0.717, 1.165) is 0 Å². The Bertz CT molecular complexity index is 618. The predicted molar refractivity (Wildman–Crippen MR) is 63.4 cm³/mol. The van der Waals surface area contributed by atoms with E-state index in [9.17, 15) is 9.59 Å². The molecule has 0 amide bonds. The molecule has 1 N–H and O–H groups in total. The average Bonchev–Trinajstić information content (AvgIpc) is 2.79. The van der Waals surface area contributed by atoms with Crippen LogP contribution >= 0.6 is 0 Å². The van der Waals surface area contributed by atoms with Gasteiger partial charge in [0.15, 0.2) is 0 Å². The molecule has 0 saturated heterocycles. The van der Waals surface area contributed by atoms with Crippen LogP contribution < -0.4 is 0 Å². The van der Waals surface area contributed by atoms with Gasteiger partial charge in [0.1, 0.15) is 6.04 Å². The molecule has 0 aliphatic rings. The number of aromatic carboxylic acids is 1. The fourth-order valence-electron chi connectivity index (χ4n) is 1.75. The van der Waals surface area contributed by atoms with Crippen LogP contribution in [0, 0.1) is 0 Å². The van der Waals surface area contributed by atoms with Gasteiger partial charge >= 0.3 is 11.9 Å². The zero-order valence-electron chi connectivity index (χ0n) is 9.95. The van der Waals surface area contributed by atoms with E-state index in [4.69, 9.17) is 5.11 Å². The molecule has 0 fully saturated rings. The van der Waals surface area contributed by atoms with Gasteiger partial charge in [-0.05, 0) is 25.1 Å². The molecule has 6 nitrogen and oxygen atoms in total. The van der Waals surface area contributed by atoms with Crippen LogP contribution in [0.5, 0.6) is 0 Å². The van der Waals surface area contributed by atoms with E-state index in [2.05, 4.69) is 9.72 Å². The molecule has 2 rings (SSSR count). The molecule has 0 radical (unpaired) electrons. The van der Waals surface area contributed by atoms with Crippen molar-refractivity contribution >= 4 is 23.0 Å². The van der Waals surface area contributed by atoms with E-state index in [1.54, 1.807) is 17.6 Å². The summed E-state index contributed by atoms with van der Waals surface area (Å²) in [6.07, 6.45) is 1.50. The topological polar surface area (TPSA) is 81.4 Å². The molecule has 6 heteroatoms. The van der Waals surface area contributed by atoms with Crippen LogP contribution in [0.1, 0.15) is 23.3 Å². The monoisotopic (exact) mass is 248 g/mol. The van der Waals surface area contributed by atoms with E-state index in [1.165, 1.54) is 25.6 Å². The number of fused-ring (bicyclic) bond motifs is 1. The van der Waals surface area contributed by atoms with Crippen molar-refractivity contribution in [2.75, 3.05) is 7.11 Å². The highest BCUT2D eigenvalue weighted by Gasteiger charge is 2.18. The lowest BCUT2D eigenvalue weighted by molar-refractivity contribution is -0.143. The van der Waals surface area contributed by atoms with Gasteiger partial charge in [0.2, 0.25) is 0 Å². The van der Waals surface area contributed by atoms with E-state index in [0.29, 0.717) is 11.0 Å². The minimum absolute atomic E-state index is 0.154. The minimum Gasteiger partial charge on any atom is -0.478 e. The number of carboxylic acids is 1. The summed E-state index contributed by atoms with van der Waals surface area (Å²) < 4.78 is 6.25. The largest absolute Gasteiger partial charge is 0.478 e. The molecule has 1 atom stereocenters. The van der Waals surface area contributed by atoms with Crippen LogP contribution in [-0.2, 0) is 9.53 Å². The van der Waals surface area contributed by atoms with Gasteiger partial charge in [-0.25, -0.2) is 14.6 Å². The van der Waals surface area contributed by atoms with E-state index < -0.39 is 18.0 Å². The maximum absolute atomic E-state index is 11.5. The van der Waals surface area contributed by atoms with Crippen molar-refractivity contribution in [3.63, 3.8) is 0 Å². The molecule has 1 heterocycles. The van der Waals surface area contributed by atoms with Crippen molar-refractivity contribution in [2.45, 2.75) is 13.0 Å². The lowest BCUT2D eigenvalue weighted by Gasteiger charge is -2.11. The molecule has 1 aromatic heterocycles. The van der Waals surface area contributed by atoms with Crippen LogP contribution in [0.2, 0.25) is 0 Å². The highest BCUT2D eigenvalue weighted by Crippen LogP contribution is 2.20. The van der Waals surface area contributed by atoms with Gasteiger partial charge in [0, 0.05) is 0 Å². The summed E-state index contributed by atoms with van der Waals surface area (Å²) in [5, 5.41) is 8.95. The molecule has 94 valence electrons. The first-order valence-electron chi connectivity index (χ1n) is 5.32. The lowest BCUT2D eigenvalue weighted by atomic mass is 10.2. The van der Waals surface area contributed by atoms with Crippen LogP contribution in [0.15, 0.2) is 24.5 Å². The second-order valence-electron chi connectivity index (χ2n) is 3.86. The summed E-state index contributed by atoms with van der Waals surface area (Å²) in [7, 11) is 1.31. The molecule has 0 aliphatic carbocycles. The Kier molecular flexibility index (Phi) is 3.01. The Hall–Kier alpha value is -2.37. The second-order valence-corrected chi connectivity index (χ2v) is 3.86. The number of methoxy groups -OCH3 is 1. The van der Waals surface area contributed by atoms with Crippen molar-refractivity contribution in [1.82, 2.24) is 9.55 Å². The quantitative estimate of drug-likeness (QED) is 0.832. The van der Waals surface area contributed by atoms with Gasteiger partial charge < -0.3 is 14.4 Å². The lowest BCUT2D eigenvalue weighted by Crippen LogP contribution is -2.17. The molecule has 0 bridgehead atoms. The maximum atomic E-state index is 11.5. The highest BCUT2D eigenvalue weighted by molar-refractivity contribution is 5.92. The first kappa shape index (κ1) is 12.1. The number of hydrogen-bond acceptors (Lipinski definition) is 4. The third-order valence-electron chi connectivity index (χ3n) is 2.78. The van der Waals surface area contributed by atoms with Gasteiger partial charge in [0.25, 0.3) is 0 Å². The zero-order valence-corrected chi connectivity index (χ0v) is 9.95. The summed E-state index contributed by atoms with van der Waals surface area (Å²) in [5.41, 5.74) is 1.38. The third kappa shape index (κ3) is 1.92. The number of ether oxygens (including phenoxy) is 1. The molecular weight excluding hydrogens is 236 g/mol. The Balaban J connectivity index is 2.55. The van der Waals surface area contributed by atoms with Gasteiger partial charge in [0.05, 0.1) is 30.0 Å². The van der Waals surface area contributed by atoms with Gasteiger partial charge in [-0.2, -0.15) is 0 Å². The number of rotatable bonds is 3.